The van der Waals surface area contributed by atoms with Crippen LogP contribution in [0.3, 0.4) is 0 Å². The maximum absolute atomic E-state index is 14.3. The van der Waals surface area contributed by atoms with Crippen molar-refractivity contribution in [2.24, 2.45) is 5.92 Å². The number of nitrogens with one attached hydrogen (secondary N) is 1. The van der Waals surface area contributed by atoms with E-state index in [1.54, 1.807) is 6.92 Å². The van der Waals surface area contributed by atoms with Crippen LogP contribution in [-0.4, -0.2) is 88.7 Å². The van der Waals surface area contributed by atoms with Crippen LogP contribution in [-0.2, 0) is 24.8 Å². The largest absolute Gasteiger partial charge is 0.490 e. The Kier molecular flexibility index (Phi) is 13.1. The molecule has 0 unspecified atom stereocenters. The van der Waals surface area contributed by atoms with Gasteiger partial charge in [-0.05, 0) is 99.8 Å². The third kappa shape index (κ3) is 9.92. The van der Waals surface area contributed by atoms with Crippen LogP contribution >= 0.6 is 11.6 Å². The number of hydrogen-bond donors (Lipinski definition) is 2. The number of anilines is 1. The molecular formula is C34H43ClFN3O8S2. The van der Waals surface area contributed by atoms with Crippen molar-refractivity contribution in [2.75, 3.05) is 38.1 Å². The average Bonchev–Trinajstić information content (AvgIpc) is 3.06. The van der Waals surface area contributed by atoms with Crippen LogP contribution in [0, 0.1) is 11.7 Å². The Morgan fingerprint density at radius 1 is 1.02 bits per heavy atom. The summed E-state index contributed by atoms with van der Waals surface area (Å²) in [6.07, 6.45) is 1.09. The lowest BCUT2D eigenvalue weighted by Gasteiger charge is -2.35. The van der Waals surface area contributed by atoms with E-state index < -0.39 is 49.8 Å². The number of aliphatic hydroxyl groups excluding tert-OH is 1. The first-order valence-electron chi connectivity index (χ1n) is 16.0. The summed E-state index contributed by atoms with van der Waals surface area (Å²) in [5.41, 5.74) is 0.143. The zero-order chi connectivity index (χ0) is 35.9. The van der Waals surface area contributed by atoms with Crippen LogP contribution in [0.4, 0.5) is 10.1 Å². The maximum Gasteiger partial charge on any atom is 0.261 e. The number of ether oxygens (including phenoxy) is 2. The minimum Gasteiger partial charge on any atom is -0.490 e. The van der Waals surface area contributed by atoms with E-state index in [1.165, 1.54) is 58.7 Å². The summed E-state index contributed by atoms with van der Waals surface area (Å²) in [5.74, 6) is -1.29. The highest BCUT2D eigenvalue weighted by Crippen LogP contribution is 2.30. The van der Waals surface area contributed by atoms with Crippen molar-refractivity contribution in [2.45, 2.75) is 68.1 Å². The first-order chi connectivity index (χ1) is 23.1. The lowest BCUT2D eigenvalue weighted by atomic mass is 10.0. The minimum absolute atomic E-state index is 0.00687. The molecule has 1 amide bonds. The Morgan fingerprint density at radius 2 is 1.67 bits per heavy atom. The van der Waals surface area contributed by atoms with Gasteiger partial charge in [-0.25, -0.2) is 21.2 Å². The number of benzene rings is 3. The molecule has 49 heavy (non-hydrogen) atoms. The summed E-state index contributed by atoms with van der Waals surface area (Å²) in [4.78, 5) is 15.7. The van der Waals surface area contributed by atoms with Gasteiger partial charge in [-0.15, -0.1) is 0 Å². The van der Waals surface area contributed by atoms with Gasteiger partial charge in [-0.3, -0.25) is 9.52 Å². The summed E-state index contributed by atoms with van der Waals surface area (Å²) >= 11 is 5.97. The quantitative estimate of drug-likeness (QED) is 0.297. The second-order valence-corrected chi connectivity index (χ2v) is 16.5. The van der Waals surface area contributed by atoms with Crippen LogP contribution in [0.2, 0.25) is 5.02 Å². The fraction of sp³-hybridized carbons (Fsp3) is 0.441. The molecule has 0 fully saturated rings. The predicted octanol–water partition coefficient (Wildman–Crippen LogP) is 5.40. The second kappa shape index (κ2) is 16.6. The van der Waals surface area contributed by atoms with Crippen LogP contribution < -0.4 is 9.46 Å². The molecule has 1 aliphatic heterocycles. The summed E-state index contributed by atoms with van der Waals surface area (Å²) in [5, 5.41) is 10.6. The van der Waals surface area contributed by atoms with Gasteiger partial charge in [-0.2, -0.15) is 4.31 Å². The molecule has 0 aromatic heterocycles. The number of sulfonamides is 2. The summed E-state index contributed by atoms with van der Waals surface area (Å²) < 4.78 is 82.6. The zero-order valence-corrected chi connectivity index (χ0v) is 30.3. The van der Waals surface area contributed by atoms with Gasteiger partial charge in [0.15, 0.2) is 0 Å². The molecule has 4 rings (SSSR count). The second-order valence-electron chi connectivity index (χ2n) is 12.3. The highest BCUT2D eigenvalue weighted by molar-refractivity contribution is 7.92. The number of nitrogens with zero attached hydrogens (tertiary/aromatic N) is 2. The SMILES string of the molecule is C[C@H]1CCCCO[C@H](CN(C)S(=O)(=O)c2ccc(Cl)cc2)[C@@H](C)CN([C@@H](C)CO)C(=O)c2cc(NS(=O)(=O)c3ccc(F)cc3)ccc2O1. The Hall–Kier alpha value is -3.27. The topological polar surface area (TPSA) is 143 Å². The molecule has 11 nitrogen and oxygen atoms in total. The number of likely N-dealkylation sites (N-methyl/N-ethyl adjacent to an activating group) is 1. The summed E-state index contributed by atoms with van der Waals surface area (Å²) in [6.45, 7) is 5.42. The Bertz CT molecular complexity index is 1790. The van der Waals surface area contributed by atoms with Crippen molar-refractivity contribution in [3.63, 3.8) is 0 Å². The minimum atomic E-state index is -4.13. The van der Waals surface area contributed by atoms with Gasteiger partial charge in [0.2, 0.25) is 10.0 Å². The molecule has 3 aromatic carbocycles. The molecule has 0 saturated heterocycles. The lowest BCUT2D eigenvalue weighted by Crippen LogP contribution is -2.48. The fourth-order valence-electron chi connectivity index (χ4n) is 5.41. The molecule has 1 heterocycles. The molecule has 3 aromatic rings. The van der Waals surface area contributed by atoms with Gasteiger partial charge in [0.1, 0.15) is 11.6 Å². The molecule has 4 atom stereocenters. The Balaban J connectivity index is 1.67. The first kappa shape index (κ1) is 38.5. The van der Waals surface area contributed by atoms with E-state index in [2.05, 4.69) is 4.72 Å². The molecule has 15 heteroatoms. The predicted molar refractivity (Wildman–Crippen MR) is 185 cm³/mol. The smallest absolute Gasteiger partial charge is 0.261 e. The van der Waals surface area contributed by atoms with Crippen LogP contribution in [0.1, 0.15) is 50.4 Å². The molecule has 0 bridgehead atoms. The molecule has 0 aliphatic carbocycles. The molecule has 0 spiro atoms. The van der Waals surface area contributed by atoms with E-state index in [4.69, 9.17) is 21.1 Å². The van der Waals surface area contributed by atoms with Gasteiger partial charge in [-0.1, -0.05) is 18.5 Å². The first-order valence-corrected chi connectivity index (χ1v) is 19.3. The van der Waals surface area contributed by atoms with E-state index in [-0.39, 0.29) is 52.6 Å². The van der Waals surface area contributed by atoms with E-state index in [0.717, 1.165) is 30.7 Å². The van der Waals surface area contributed by atoms with Gasteiger partial charge in [0.25, 0.3) is 15.9 Å². The van der Waals surface area contributed by atoms with E-state index in [0.29, 0.717) is 24.5 Å². The van der Waals surface area contributed by atoms with Crippen molar-refractivity contribution in [1.82, 2.24) is 9.21 Å². The van der Waals surface area contributed by atoms with Gasteiger partial charge >= 0.3 is 0 Å². The standard InChI is InChI=1S/C34H43ClFN3O8S2/c1-23-20-39(24(2)22-40)34(41)31-19-28(37-48(42,43)29-15-10-27(36)11-16-29)12-17-32(31)47-25(3)7-5-6-18-46-33(23)21-38(4)49(44,45)30-13-8-26(35)9-14-30/h8-17,19,23-25,33,37,40H,5-7,18,20-22H2,1-4H3/t23-,24-,25-,33+/m0/s1. The number of amides is 1. The molecular weight excluding hydrogens is 697 g/mol. The van der Waals surface area contributed by atoms with Crippen molar-refractivity contribution in [1.29, 1.82) is 0 Å². The number of hydrogen-bond acceptors (Lipinski definition) is 8. The monoisotopic (exact) mass is 739 g/mol. The van der Waals surface area contributed by atoms with Crippen LogP contribution in [0.15, 0.2) is 76.5 Å². The molecule has 0 radical (unpaired) electrons. The van der Waals surface area contributed by atoms with Gasteiger partial charge < -0.3 is 19.5 Å². The fourth-order valence-corrected chi connectivity index (χ4v) is 7.77. The number of halogens is 2. The summed E-state index contributed by atoms with van der Waals surface area (Å²) in [7, 11) is -6.55. The van der Waals surface area contributed by atoms with Crippen molar-refractivity contribution in [3.8, 4) is 5.75 Å². The molecule has 2 N–H and O–H groups in total. The molecule has 0 saturated carbocycles. The molecule has 268 valence electrons. The van der Waals surface area contributed by atoms with E-state index in [9.17, 15) is 31.1 Å². The van der Waals surface area contributed by atoms with Crippen molar-refractivity contribution < 1.29 is 40.6 Å². The number of aliphatic hydroxyl groups is 1. The summed E-state index contributed by atoms with van der Waals surface area (Å²) in [6, 6.07) is 13.9. The van der Waals surface area contributed by atoms with Crippen LogP contribution in [0.25, 0.3) is 0 Å². The van der Waals surface area contributed by atoms with E-state index in [1.807, 2.05) is 13.8 Å². The van der Waals surface area contributed by atoms with Crippen LogP contribution in [0.5, 0.6) is 5.75 Å². The zero-order valence-electron chi connectivity index (χ0n) is 27.9. The van der Waals surface area contributed by atoms with Crippen molar-refractivity contribution >= 4 is 43.2 Å². The average molecular weight is 740 g/mol. The number of rotatable bonds is 9. The lowest BCUT2D eigenvalue weighted by molar-refractivity contribution is -0.00833. The Morgan fingerprint density at radius 3 is 2.33 bits per heavy atom. The highest BCUT2D eigenvalue weighted by Gasteiger charge is 2.32. The Labute approximate surface area is 293 Å². The molecule has 1 aliphatic rings. The van der Waals surface area contributed by atoms with Gasteiger partial charge in [0, 0.05) is 43.4 Å². The number of fused-ring (bicyclic) bond motifs is 1. The highest BCUT2D eigenvalue weighted by atomic mass is 35.5. The van der Waals surface area contributed by atoms with Crippen molar-refractivity contribution in [3.05, 3.63) is 83.1 Å². The maximum atomic E-state index is 14.3. The normalized spacial score (nSPS) is 20.6. The number of carbonyl (C=O) groups excluding carboxylic acids is 1. The van der Waals surface area contributed by atoms with Gasteiger partial charge in [0.05, 0.1) is 40.2 Å². The third-order valence-electron chi connectivity index (χ3n) is 8.39. The van der Waals surface area contributed by atoms with E-state index >= 15 is 0 Å². The number of carbonyl (C=O) groups is 1. The third-order valence-corrected chi connectivity index (χ3v) is 11.9.